The van der Waals surface area contributed by atoms with E-state index >= 15 is 0 Å². The van der Waals surface area contributed by atoms with Crippen LogP contribution >= 0.6 is 0 Å². The summed E-state index contributed by atoms with van der Waals surface area (Å²) in [6.07, 6.45) is 5.23. The number of hydrogen-bond donors (Lipinski definition) is 3. The summed E-state index contributed by atoms with van der Waals surface area (Å²) >= 11 is 0. The molecule has 0 fully saturated rings. The number of H-pyrrole nitrogens is 1. The van der Waals surface area contributed by atoms with Gasteiger partial charge in [-0.05, 0) is 53.1 Å². The summed E-state index contributed by atoms with van der Waals surface area (Å²) in [4.78, 5) is 26.8. The van der Waals surface area contributed by atoms with Crippen LogP contribution in [-0.4, -0.2) is 37.1 Å². The van der Waals surface area contributed by atoms with Gasteiger partial charge >= 0.3 is 0 Å². The van der Waals surface area contributed by atoms with Crippen molar-refractivity contribution in [3.63, 3.8) is 0 Å². The number of amides is 2. The Morgan fingerprint density at radius 3 is 2.43 bits per heavy atom. The monoisotopic (exact) mass is 469 g/mol. The molecule has 0 aliphatic rings. The number of fused-ring (bicyclic) bond motifs is 1. The molecule has 0 saturated heterocycles. The molecule has 1 unspecified atom stereocenters. The number of methoxy groups -OCH3 is 1. The number of primary amides is 1. The maximum Gasteiger partial charge on any atom is 0.255 e. The number of para-hydroxylation sites is 1. The normalized spacial score (nSPS) is 11.9. The largest absolute Gasteiger partial charge is 0.497 e. The maximum absolute atomic E-state index is 12.6. The van der Waals surface area contributed by atoms with E-state index in [1.54, 1.807) is 37.5 Å². The highest BCUT2D eigenvalue weighted by atomic mass is 16.5. The molecule has 4 rings (SSSR count). The van der Waals surface area contributed by atoms with Gasteiger partial charge in [0.2, 0.25) is 5.91 Å². The van der Waals surface area contributed by atoms with Gasteiger partial charge in [0.1, 0.15) is 11.5 Å². The molecule has 2 amide bonds. The van der Waals surface area contributed by atoms with Crippen LogP contribution in [0.2, 0.25) is 0 Å². The van der Waals surface area contributed by atoms with Gasteiger partial charge in [0, 0.05) is 35.6 Å². The third-order valence-electron chi connectivity index (χ3n) is 5.68. The van der Waals surface area contributed by atoms with Crippen molar-refractivity contribution < 1.29 is 19.1 Å². The number of aromatic amines is 1. The van der Waals surface area contributed by atoms with Gasteiger partial charge in [0.05, 0.1) is 7.11 Å². The molecule has 1 atom stereocenters. The zero-order chi connectivity index (χ0) is 24.6. The smallest absolute Gasteiger partial charge is 0.255 e. The van der Waals surface area contributed by atoms with E-state index < -0.39 is 5.91 Å². The molecule has 4 N–H and O–H groups in total. The lowest BCUT2D eigenvalue weighted by Crippen LogP contribution is -2.27. The minimum absolute atomic E-state index is 0.0453. The topological polar surface area (TPSA) is 106 Å². The minimum atomic E-state index is -0.536. The summed E-state index contributed by atoms with van der Waals surface area (Å²) < 4.78 is 10.5. The number of nitrogens with two attached hydrogens (primary N) is 1. The predicted molar refractivity (Wildman–Crippen MR) is 136 cm³/mol. The number of ether oxygens (including phenoxy) is 2. The number of carbonyl (C=O) groups excluding carboxylic acids is 2. The second-order valence-electron chi connectivity index (χ2n) is 8.02. The Bertz CT molecular complexity index is 1320. The lowest BCUT2D eigenvalue weighted by atomic mass is 9.90. The van der Waals surface area contributed by atoms with Crippen molar-refractivity contribution >= 4 is 28.8 Å². The Morgan fingerprint density at radius 2 is 1.71 bits per heavy atom. The molecule has 7 nitrogen and oxygen atoms in total. The number of benzene rings is 3. The van der Waals surface area contributed by atoms with Crippen molar-refractivity contribution in [1.29, 1.82) is 0 Å². The number of rotatable bonds is 10. The standard InChI is InChI=1S/C28H27N3O4/c1-34-21-13-9-20(10-14-21)24(25-17-30-26-5-3-2-4-23(25)26)16-31-28(33)15-8-19-6-11-22(12-7-19)35-18-27(29)32/h2-15,17,24,30H,16,18H2,1H3,(H2,29,32)(H,31,33)/b15-8+. The average molecular weight is 470 g/mol. The fourth-order valence-electron chi connectivity index (χ4n) is 3.89. The molecular weight excluding hydrogens is 442 g/mol. The summed E-state index contributed by atoms with van der Waals surface area (Å²) in [7, 11) is 1.64. The van der Waals surface area contributed by atoms with Crippen LogP contribution in [0, 0.1) is 0 Å². The quantitative estimate of drug-likeness (QED) is 0.305. The second-order valence-corrected chi connectivity index (χ2v) is 8.02. The Kier molecular flexibility index (Phi) is 7.47. The average Bonchev–Trinajstić information content (AvgIpc) is 3.31. The fourth-order valence-corrected chi connectivity index (χ4v) is 3.89. The van der Waals surface area contributed by atoms with Gasteiger partial charge in [-0.1, -0.05) is 42.5 Å². The van der Waals surface area contributed by atoms with Crippen LogP contribution in [0.4, 0.5) is 0 Å². The summed E-state index contributed by atoms with van der Waals surface area (Å²) in [6.45, 7) is 0.251. The van der Waals surface area contributed by atoms with Crippen molar-refractivity contribution in [2.24, 2.45) is 5.73 Å². The van der Waals surface area contributed by atoms with E-state index in [1.807, 2.05) is 48.7 Å². The van der Waals surface area contributed by atoms with Gasteiger partial charge in [0.25, 0.3) is 5.91 Å². The molecule has 0 aliphatic carbocycles. The molecule has 0 saturated carbocycles. The molecule has 0 bridgehead atoms. The zero-order valence-corrected chi connectivity index (χ0v) is 19.4. The lowest BCUT2D eigenvalue weighted by molar-refractivity contribution is -0.120. The first kappa shape index (κ1) is 23.6. The van der Waals surface area contributed by atoms with Crippen LogP contribution in [0.25, 0.3) is 17.0 Å². The van der Waals surface area contributed by atoms with Gasteiger partial charge in [-0.15, -0.1) is 0 Å². The van der Waals surface area contributed by atoms with Crippen molar-refractivity contribution in [3.8, 4) is 11.5 Å². The Labute approximate surface area is 203 Å². The second kappa shape index (κ2) is 11.1. The van der Waals surface area contributed by atoms with E-state index in [0.29, 0.717) is 12.3 Å². The highest BCUT2D eigenvalue weighted by Gasteiger charge is 2.19. The molecule has 178 valence electrons. The maximum atomic E-state index is 12.6. The van der Waals surface area contributed by atoms with Crippen molar-refractivity contribution in [1.82, 2.24) is 10.3 Å². The van der Waals surface area contributed by atoms with Crippen molar-refractivity contribution in [2.45, 2.75) is 5.92 Å². The summed E-state index contributed by atoms with van der Waals surface area (Å²) in [5.74, 6) is 0.538. The van der Waals surface area contributed by atoms with Crippen LogP contribution in [0.5, 0.6) is 11.5 Å². The predicted octanol–water partition coefficient (Wildman–Crippen LogP) is 4.00. The minimum Gasteiger partial charge on any atom is -0.497 e. The SMILES string of the molecule is COc1ccc(C(CNC(=O)/C=C/c2ccc(OCC(N)=O)cc2)c2c[nH]c3ccccc23)cc1. The van der Waals surface area contributed by atoms with Crippen molar-refractivity contribution in [3.05, 3.63) is 102 Å². The van der Waals surface area contributed by atoms with Crippen LogP contribution in [0.3, 0.4) is 0 Å². The first-order valence-electron chi connectivity index (χ1n) is 11.2. The molecule has 35 heavy (non-hydrogen) atoms. The Balaban J connectivity index is 1.46. The van der Waals surface area contributed by atoms with E-state index in [1.165, 1.54) is 6.08 Å². The Morgan fingerprint density at radius 1 is 1.00 bits per heavy atom. The van der Waals surface area contributed by atoms with Crippen LogP contribution in [-0.2, 0) is 9.59 Å². The van der Waals surface area contributed by atoms with Gasteiger partial charge in [0.15, 0.2) is 6.61 Å². The third-order valence-corrected chi connectivity index (χ3v) is 5.68. The number of aromatic nitrogens is 1. The van der Waals surface area contributed by atoms with E-state index in [-0.39, 0.29) is 18.4 Å². The lowest BCUT2D eigenvalue weighted by Gasteiger charge is -2.18. The van der Waals surface area contributed by atoms with Crippen LogP contribution in [0.15, 0.2) is 85.1 Å². The summed E-state index contributed by atoms with van der Waals surface area (Å²) in [6, 6.07) is 23.1. The van der Waals surface area contributed by atoms with E-state index in [4.69, 9.17) is 15.2 Å². The summed E-state index contributed by atoms with van der Waals surface area (Å²) in [5, 5.41) is 4.15. The third kappa shape index (κ3) is 6.09. The van der Waals surface area contributed by atoms with Crippen LogP contribution in [0.1, 0.15) is 22.6 Å². The molecular formula is C28H27N3O4. The van der Waals surface area contributed by atoms with Gasteiger partial charge in [-0.25, -0.2) is 0 Å². The molecule has 0 radical (unpaired) electrons. The molecule has 0 spiro atoms. The number of carbonyl (C=O) groups is 2. The molecule has 1 heterocycles. The van der Waals surface area contributed by atoms with E-state index in [9.17, 15) is 9.59 Å². The highest BCUT2D eigenvalue weighted by molar-refractivity contribution is 5.92. The zero-order valence-electron chi connectivity index (χ0n) is 19.4. The van der Waals surface area contributed by atoms with Gasteiger partial charge in [-0.2, -0.15) is 0 Å². The molecule has 7 heteroatoms. The van der Waals surface area contributed by atoms with E-state index in [0.717, 1.165) is 33.3 Å². The van der Waals surface area contributed by atoms with Gasteiger partial charge < -0.3 is 25.5 Å². The first-order chi connectivity index (χ1) is 17.0. The highest BCUT2D eigenvalue weighted by Crippen LogP contribution is 2.31. The molecule has 3 aromatic carbocycles. The van der Waals surface area contributed by atoms with Gasteiger partial charge in [-0.3, -0.25) is 9.59 Å². The van der Waals surface area contributed by atoms with E-state index in [2.05, 4.69) is 16.4 Å². The molecule has 4 aromatic rings. The number of nitrogens with one attached hydrogen (secondary N) is 2. The fraction of sp³-hybridized carbons (Fsp3) is 0.143. The molecule has 0 aliphatic heterocycles. The van der Waals surface area contributed by atoms with Crippen LogP contribution < -0.4 is 20.5 Å². The van der Waals surface area contributed by atoms with Crippen molar-refractivity contribution in [2.75, 3.05) is 20.3 Å². The number of hydrogen-bond acceptors (Lipinski definition) is 4. The summed E-state index contributed by atoms with van der Waals surface area (Å²) in [5.41, 5.74) is 9.15. The first-order valence-corrected chi connectivity index (χ1v) is 11.2. The Hall–Kier alpha value is -4.52. The molecule has 1 aromatic heterocycles.